The van der Waals surface area contributed by atoms with Crippen molar-refractivity contribution in [3.05, 3.63) is 47.2 Å². The van der Waals surface area contributed by atoms with Crippen molar-refractivity contribution in [1.82, 2.24) is 4.98 Å². The minimum absolute atomic E-state index is 0.263. The van der Waals surface area contributed by atoms with E-state index in [2.05, 4.69) is 15.7 Å². The Morgan fingerprint density at radius 1 is 1.18 bits per heavy atom. The molecule has 0 radical (unpaired) electrons. The van der Waals surface area contributed by atoms with Gasteiger partial charge in [0.1, 0.15) is 17.5 Å². The van der Waals surface area contributed by atoms with E-state index in [0.29, 0.717) is 16.7 Å². The van der Waals surface area contributed by atoms with Crippen LogP contribution >= 0.6 is 11.6 Å². The Kier molecular flexibility index (Phi) is 3.41. The number of nitrogen functional groups attached to an aromatic ring is 1. The lowest BCUT2D eigenvalue weighted by Crippen LogP contribution is -2.09. The van der Waals surface area contributed by atoms with Crippen molar-refractivity contribution in [3.63, 3.8) is 0 Å². The van der Waals surface area contributed by atoms with Crippen LogP contribution in [-0.4, -0.2) is 4.98 Å². The third-order valence-electron chi connectivity index (χ3n) is 2.09. The lowest BCUT2D eigenvalue weighted by atomic mass is 10.3. The molecule has 88 valence electrons. The van der Waals surface area contributed by atoms with Crippen LogP contribution in [0.5, 0.6) is 0 Å². The molecular formula is C11H10ClFN4. The summed E-state index contributed by atoms with van der Waals surface area (Å²) in [6.45, 7) is 0. The van der Waals surface area contributed by atoms with Crippen LogP contribution in [0.3, 0.4) is 0 Å². The van der Waals surface area contributed by atoms with E-state index in [9.17, 15) is 4.39 Å². The van der Waals surface area contributed by atoms with Gasteiger partial charge in [-0.25, -0.2) is 15.2 Å². The third kappa shape index (κ3) is 2.83. The van der Waals surface area contributed by atoms with E-state index in [1.54, 1.807) is 18.2 Å². The molecule has 0 saturated carbocycles. The molecule has 0 atom stereocenters. The maximum Gasteiger partial charge on any atom is 0.146 e. The van der Waals surface area contributed by atoms with Crippen LogP contribution in [0.2, 0.25) is 5.02 Å². The zero-order valence-electron chi connectivity index (χ0n) is 8.74. The van der Waals surface area contributed by atoms with E-state index >= 15 is 0 Å². The Morgan fingerprint density at radius 3 is 2.71 bits per heavy atom. The molecular weight excluding hydrogens is 243 g/mol. The SMILES string of the molecule is NNc1cccc(Nc2cc(Cl)ccc2F)n1. The molecule has 4 nitrogen and oxygen atoms in total. The molecule has 4 N–H and O–H groups in total. The average Bonchev–Trinajstić information content (AvgIpc) is 2.34. The fraction of sp³-hybridized carbons (Fsp3) is 0. The monoisotopic (exact) mass is 252 g/mol. The fourth-order valence-electron chi connectivity index (χ4n) is 1.32. The van der Waals surface area contributed by atoms with Gasteiger partial charge in [0.05, 0.1) is 5.69 Å². The number of nitrogens with one attached hydrogen (secondary N) is 2. The van der Waals surface area contributed by atoms with Crippen molar-refractivity contribution in [3.8, 4) is 0 Å². The first-order chi connectivity index (χ1) is 8.19. The van der Waals surface area contributed by atoms with Gasteiger partial charge in [-0.1, -0.05) is 17.7 Å². The second-order valence-corrected chi connectivity index (χ2v) is 3.74. The summed E-state index contributed by atoms with van der Waals surface area (Å²) in [5.74, 6) is 5.79. The van der Waals surface area contributed by atoms with E-state index in [0.717, 1.165) is 0 Å². The smallest absolute Gasteiger partial charge is 0.146 e. The van der Waals surface area contributed by atoms with Crippen LogP contribution in [0, 0.1) is 5.82 Å². The molecule has 1 aromatic heterocycles. The molecule has 17 heavy (non-hydrogen) atoms. The predicted molar refractivity (Wildman–Crippen MR) is 66.7 cm³/mol. The molecule has 0 aliphatic carbocycles. The number of halogens is 2. The molecule has 0 amide bonds. The number of benzene rings is 1. The highest BCUT2D eigenvalue weighted by Crippen LogP contribution is 2.23. The van der Waals surface area contributed by atoms with Gasteiger partial charge in [0, 0.05) is 5.02 Å². The van der Waals surface area contributed by atoms with Crippen molar-refractivity contribution >= 4 is 28.9 Å². The van der Waals surface area contributed by atoms with Crippen LogP contribution in [0.4, 0.5) is 21.7 Å². The maximum atomic E-state index is 13.4. The number of nitrogens with two attached hydrogens (primary N) is 1. The number of hydrogen-bond donors (Lipinski definition) is 3. The number of nitrogens with zero attached hydrogens (tertiary/aromatic N) is 1. The molecule has 2 aromatic rings. The highest BCUT2D eigenvalue weighted by molar-refractivity contribution is 6.30. The number of aromatic nitrogens is 1. The molecule has 0 spiro atoms. The Morgan fingerprint density at radius 2 is 1.94 bits per heavy atom. The Balaban J connectivity index is 2.27. The first-order valence-electron chi connectivity index (χ1n) is 4.85. The summed E-state index contributed by atoms with van der Waals surface area (Å²) in [6, 6.07) is 9.39. The van der Waals surface area contributed by atoms with E-state index in [4.69, 9.17) is 17.4 Å². The molecule has 1 heterocycles. The van der Waals surface area contributed by atoms with Crippen LogP contribution < -0.4 is 16.6 Å². The summed E-state index contributed by atoms with van der Waals surface area (Å²) in [4.78, 5) is 4.10. The van der Waals surface area contributed by atoms with Gasteiger partial charge < -0.3 is 10.7 Å². The average molecular weight is 253 g/mol. The molecule has 0 aliphatic heterocycles. The number of hydrazine groups is 1. The second-order valence-electron chi connectivity index (χ2n) is 3.30. The lowest BCUT2D eigenvalue weighted by molar-refractivity contribution is 0.632. The zero-order chi connectivity index (χ0) is 12.3. The van der Waals surface area contributed by atoms with E-state index in [-0.39, 0.29) is 5.69 Å². The van der Waals surface area contributed by atoms with Crippen molar-refractivity contribution in [2.45, 2.75) is 0 Å². The van der Waals surface area contributed by atoms with Gasteiger partial charge in [-0.15, -0.1) is 0 Å². The molecule has 0 unspecified atom stereocenters. The molecule has 1 aromatic carbocycles. The summed E-state index contributed by atoms with van der Waals surface area (Å²) >= 11 is 5.78. The topological polar surface area (TPSA) is 63.0 Å². The Labute approximate surface area is 103 Å². The molecule has 0 aliphatic rings. The van der Waals surface area contributed by atoms with Crippen LogP contribution in [-0.2, 0) is 0 Å². The van der Waals surface area contributed by atoms with Gasteiger partial charge in [0.25, 0.3) is 0 Å². The summed E-state index contributed by atoms with van der Waals surface area (Å²) < 4.78 is 13.4. The molecule has 0 fully saturated rings. The number of rotatable bonds is 3. The summed E-state index contributed by atoms with van der Waals surface area (Å²) in [7, 11) is 0. The minimum atomic E-state index is -0.401. The highest BCUT2D eigenvalue weighted by atomic mass is 35.5. The predicted octanol–water partition coefficient (Wildman–Crippen LogP) is 2.90. The van der Waals surface area contributed by atoms with Gasteiger partial charge in [0.15, 0.2) is 0 Å². The maximum absolute atomic E-state index is 13.4. The Bertz CT molecular complexity index is 533. The minimum Gasteiger partial charge on any atom is -0.338 e. The van der Waals surface area contributed by atoms with Gasteiger partial charge in [0.2, 0.25) is 0 Å². The quantitative estimate of drug-likeness (QED) is 0.581. The third-order valence-corrected chi connectivity index (χ3v) is 2.32. The first-order valence-corrected chi connectivity index (χ1v) is 5.22. The first kappa shape index (κ1) is 11.6. The van der Waals surface area contributed by atoms with Gasteiger partial charge in [-0.05, 0) is 30.3 Å². The standard InChI is InChI=1S/C11H10ClFN4/c12-7-4-5-8(13)9(6-7)15-10-2-1-3-11(16-10)17-14/h1-6H,14H2,(H2,15,16,17). The largest absolute Gasteiger partial charge is 0.338 e. The number of pyridine rings is 1. The fourth-order valence-corrected chi connectivity index (χ4v) is 1.49. The summed E-state index contributed by atoms with van der Waals surface area (Å²) in [5, 5.41) is 3.27. The summed E-state index contributed by atoms with van der Waals surface area (Å²) in [5.41, 5.74) is 2.67. The van der Waals surface area contributed by atoms with E-state index in [1.165, 1.54) is 18.2 Å². The van der Waals surface area contributed by atoms with Crippen molar-refractivity contribution in [1.29, 1.82) is 0 Å². The normalized spacial score (nSPS) is 10.1. The van der Waals surface area contributed by atoms with Crippen LogP contribution in [0.25, 0.3) is 0 Å². The van der Waals surface area contributed by atoms with Crippen LogP contribution in [0.15, 0.2) is 36.4 Å². The molecule has 6 heteroatoms. The van der Waals surface area contributed by atoms with E-state index < -0.39 is 5.82 Å². The van der Waals surface area contributed by atoms with Crippen molar-refractivity contribution < 1.29 is 4.39 Å². The van der Waals surface area contributed by atoms with Crippen molar-refractivity contribution in [2.75, 3.05) is 10.7 Å². The molecule has 2 rings (SSSR count). The molecule has 0 saturated heterocycles. The van der Waals surface area contributed by atoms with Gasteiger partial charge >= 0.3 is 0 Å². The molecule has 0 bridgehead atoms. The zero-order valence-corrected chi connectivity index (χ0v) is 9.50. The van der Waals surface area contributed by atoms with Gasteiger partial charge in [-0.3, -0.25) is 0 Å². The number of hydrogen-bond acceptors (Lipinski definition) is 4. The highest BCUT2D eigenvalue weighted by Gasteiger charge is 2.04. The van der Waals surface area contributed by atoms with Gasteiger partial charge in [-0.2, -0.15) is 0 Å². The van der Waals surface area contributed by atoms with E-state index in [1.807, 2.05) is 0 Å². The lowest BCUT2D eigenvalue weighted by Gasteiger charge is -2.08. The second kappa shape index (κ2) is 4.99. The summed E-state index contributed by atoms with van der Waals surface area (Å²) in [6.07, 6.45) is 0. The number of anilines is 3. The van der Waals surface area contributed by atoms with Crippen molar-refractivity contribution in [2.24, 2.45) is 5.84 Å². The Hall–Kier alpha value is -1.85. The van der Waals surface area contributed by atoms with Crippen LogP contribution in [0.1, 0.15) is 0 Å².